The average molecular weight is 262 g/mol. The first kappa shape index (κ1) is 10.1. The Morgan fingerprint density at radius 3 is 3.14 bits per heavy atom. The molecule has 1 fully saturated rings. The quantitative estimate of drug-likeness (QED) is 0.787. The second-order valence-electron chi connectivity index (χ2n) is 3.30. The summed E-state index contributed by atoms with van der Waals surface area (Å²) in [5.41, 5.74) is 0.931. The van der Waals surface area contributed by atoms with Gasteiger partial charge in [-0.1, -0.05) is 21.1 Å². The van der Waals surface area contributed by atoms with Crippen molar-refractivity contribution in [3.05, 3.63) is 11.9 Å². The number of ether oxygens (including phenoxy) is 1. The summed E-state index contributed by atoms with van der Waals surface area (Å²) in [6.07, 6.45) is 2.25. The van der Waals surface area contributed by atoms with E-state index >= 15 is 0 Å². The number of rotatable bonds is 3. The summed E-state index contributed by atoms with van der Waals surface area (Å²) < 4.78 is 6.84. The molecule has 0 amide bonds. The van der Waals surface area contributed by atoms with E-state index in [9.17, 15) is 5.11 Å². The molecule has 0 saturated carbocycles. The summed E-state index contributed by atoms with van der Waals surface area (Å²) in [5.74, 6) is 0. The van der Waals surface area contributed by atoms with Crippen LogP contribution in [0.4, 0.5) is 0 Å². The van der Waals surface area contributed by atoms with Gasteiger partial charge >= 0.3 is 0 Å². The normalized spacial score (nSPS) is 27.0. The maximum Gasteiger partial charge on any atom is 0.105 e. The average Bonchev–Trinajstić information content (AvgIpc) is 2.74. The number of nitrogens with zero attached hydrogens (tertiary/aromatic N) is 3. The molecule has 6 heteroatoms. The molecule has 1 N–H and O–H groups in total. The summed E-state index contributed by atoms with van der Waals surface area (Å²) in [7, 11) is 0. The van der Waals surface area contributed by atoms with Crippen LogP contribution in [0, 0.1) is 0 Å². The van der Waals surface area contributed by atoms with Gasteiger partial charge in [-0.25, -0.2) is 4.68 Å². The van der Waals surface area contributed by atoms with Gasteiger partial charge in [0.25, 0.3) is 0 Å². The monoisotopic (exact) mass is 261 g/mol. The maximum atomic E-state index is 9.56. The van der Waals surface area contributed by atoms with Gasteiger partial charge in [-0.15, -0.1) is 5.10 Å². The molecule has 78 valence electrons. The number of aryl methyl sites for hydroxylation is 1. The van der Waals surface area contributed by atoms with E-state index in [1.165, 1.54) is 0 Å². The molecule has 1 aromatic heterocycles. The molecule has 0 aromatic carbocycles. The van der Waals surface area contributed by atoms with Crippen molar-refractivity contribution < 1.29 is 9.84 Å². The molecule has 5 nitrogen and oxygen atoms in total. The van der Waals surface area contributed by atoms with Crippen molar-refractivity contribution in [2.45, 2.75) is 18.6 Å². The van der Waals surface area contributed by atoms with Crippen molar-refractivity contribution in [1.29, 1.82) is 0 Å². The van der Waals surface area contributed by atoms with Crippen LogP contribution >= 0.6 is 15.9 Å². The van der Waals surface area contributed by atoms with Crippen LogP contribution in [0.1, 0.15) is 11.7 Å². The first-order valence-electron chi connectivity index (χ1n) is 4.53. The van der Waals surface area contributed by atoms with Gasteiger partial charge in [0.1, 0.15) is 12.1 Å². The molecular weight excluding hydrogens is 250 g/mol. The molecule has 2 atom stereocenters. The zero-order chi connectivity index (χ0) is 9.97. The smallest absolute Gasteiger partial charge is 0.105 e. The minimum absolute atomic E-state index is 0.0772. The Bertz CT molecular complexity index is 305. The highest BCUT2D eigenvalue weighted by atomic mass is 79.9. The lowest BCUT2D eigenvalue weighted by Gasteiger charge is -2.10. The number of aliphatic hydroxyl groups excluding tert-OH is 1. The molecule has 14 heavy (non-hydrogen) atoms. The number of aromatic nitrogens is 3. The minimum atomic E-state index is -0.464. The third-order valence-electron chi connectivity index (χ3n) is 2.27. The van der Waals surface area contributed by atoms with Crippen LogP contribution in [-0.4, -0.2) is 44.7 Å². The topological polar surface area (TPSA) is 60.2 Å². The van der Waals surface area contributed by atoms with E-state index in [0.717, 1.165) is 17.4 Å². The van der Waals surface area contributed by atoms with Gasteiger partial charge in [0.05, 0.1) is 18.9 Å². The molecule has 1 aliphatic heterocycles. The third-order valence-corrected chi connectivity index (χ3v) is 2.67. The number of alkyl halides is 1. The fourth-order valence-corrected chi connectivity index (χ4v) is 1.88. The van der Waals surface area contributed by atoms with E-state index in [1.807, 2.05) is 6.20 Å². The summed E-state index contributed by atoms with van der Waals surface area (Å²) in [5, 5.41) is 18.4. The van der Waals surface area contributed by atoms with Gasteiger partial charge < -0.3 is 9.84 Å². The summed E-state index contributed by atoms with van der Waals surface area (Å²) in [6.45, 7) is 0.899. The lowest BCUT2D eigenvalue weighted by Crippen LogP contribution is -2.22. The van der Waals surface area contributed by atoms with Crippen molar-refractivity contribution in [1.82, 2.24) is 15.0 Å². The third kappa shape index (κ3) is 1.97. The van der Waals surface area contributed by atoms with Crippen LogP contribution in [0.3, 0.4) is 0 Å². The first-order valence-corrected chi connectivity index (χ1v) is 5.66. The highest BCUT2D eigenvalue weighted by molar-refractivity contribution is 9.09. The number of aliphatic hydroxyl groups is 1. The lowest BCUT2D eigenvalue weighted by molar-refractivity contribution is 0.117. The highest BCUT2D eigenvalue weighted by Gasteiger charge is 2.28. The van der Waals surface area contributed by atoms with E-state index in [1.54, 1.807) is 4.68 Å². The zero-order valence-corrected chi connectivity index (χ0v) is 9.22. The van der Waals surface area contributed by atoms with E-state index in [-0.39, 0.29) is 6.04 Å². The first-order chi connectivity index (χ1) is 6.81. The molecule has 1 aliphatic rings. The molecule has 1 aromatic rings. The molecule has 0 spiro atoms. The zero-order valence-electron chi connectivity index (χ0n) is 7.64. The Labute approximate surface area is 90.2 Å². The van der Waals surface area contributed by atoms with Gasteiger partial charge in [0.15, 0.2) is 0 Å². The standard InChI is InChI=1S/C8H12BrN3O2/c9-2-1-6-3-12(11-10-6)7-4-14-5-8(7)13/h3,7-8,13H,1-2,4-5H2/t7-,8-/m1/s1. The van der Waals surface area contributed by atoms with Crippen LogP contribution < -0.4 is 0 Å². The number of halogens is 1. The van der Waals surface area contributed by atoms with Gasteiger partial charge in [-0.05, 0) is 0 Å². The highest BCUT2D eigenvalue weighted by Crippen LogP contribution is 2.18. The largest absolute Gasteiger partial charge is 0.388 e. The van der Waals surface area contributed by atoms with Crippen molar-refractivity contribution in [3.8, 4) is 0 Å². The van der Waals surface area contributed by atoms with Crippen LogP contribution in [0.25, 0.3) is 0 Å². The predicted molar refractivity (Wildman–Crippen MR) is 53.4 cm³/mol. The molecule has 0 radical (unpaired) electrons. The Hall–Kier alpha value is -0.460. The fourth-order valence-electron chi connectivity index (χ4n) is 1.47. The molecule has 0 bridgehead atoms. The van der Waals surface area contributed by atoms with E-state index in [2.05, 4.69) is 26.2 Å². The van der Waals surface area contributed by atoms with Crippen LogP contribution in [0.15, 0.2) is 6.20 Å². The second kappa shape index (κ2) is 4.37. The Morgan fingerprint density at radius 2 is 2.50 bits per heavy atom. The summed E-state index contributed by atoms with van der Waals surface area (Å²) >= 11 is 3.34. The summed E-state index contributed by atoms with van der Waals surface area (Å²) in [4.78, 5) is 0. The summed E-state index contributed by atoms with van der Waals surface area (Å²) in [6, 6.07) is -0.0772. The Morgan fingerprint density at radius 1 is 1.64 bits per heavy atom. The second-order valence-corrected chi connectivity index (χ2v) is 4.09. The SMILES string of the molecule is O[C@@H]1COC[C@H]1n1cc(CCBr)nn1. The van der Waals surface area contributed by atoms with Crippen LogP contribution in [-0.2, 0) is 11.2 Å². The van der Waals surface area contributed by atoms with Crippen molar-refractivity contribution in [3.63, 3.8) is 0 Å². The number of hydrogen-bond acceptors (Lipinski definition) is 4. The maximum absolute atomic E-state index is 9.56. The van der Waals surface area contributed by atoms with Crippen LogP contribution in [0.2, 0.25) is 0 Å². The molecule has 0 unspecified atom stereocenters. The Balaban J connectivity index is 2.08. The Kier molecular flexibility index (Phi) is 3.15. The van der Waals surface area contributed by atoms with Gasteiger partial charge in [0.2, 0.25) is 0 Å². The lowest BCUT2D eigenvalue weighted by atomic mass is 10.2. The van der Waals surface area contributed by atoms with E-state index < -0.39 is 6.10 Å². The van der Waals surface area contributed by atoms with E-state index in [0.29, 0.717) is 13.2 Å². The van der Waals surface area contributed by atoms with Gasteiger partial charge in [-0.3, -0.25) is 0 Å². The minimum Gasteiger partial charge on any atom is -0.388 e. The molecule has 0 aliphatic carbocycles. The van der Waals surface area contributed by atoms with Gasteiger partial charge in [-0.2, -0.15) is 0 Å². The van der Waals surface area contributed by atoms with Crippen LogP contribution in [0.5, 0.6) is 0 Å². The molecule has 2 rings (SSSR count). The van der Waals surface area contributed by atoms with Crippen molar-refractivity contribution >= 4 is 15.9 Å². The van der Waals surface area contributed by atoms with Gasteiger partial charge in [0, 0.05) is 17.9 Å². The molecular formula is C8H12BrN3O2. The molecule has 2 heterocycles. The molecule has 1 saturated heterocycles. The van der Waals surface area contributed by atoms with Crippen molar-refractivity contribution in [2.24, 2.45) is 0 Å². The number of hydrogen-bond donors (Lipinski definition) is 1. The fraction of sp³-hybridized carbons (Fsp3) is 0.750. The van der Waals surface area contributed by atoms with E-state index in [4.69, 9.17) is 4.74 Å². The predicted octanol–water partition coefficient (Wildman–Crippen LogP) is 0.148. The van der Waals surface area contributed by atoms with Crippen molar-refractivity contribution in [2.75, 3.05) is 18.5 Å².